The normalized spacial score (nSPS) is 14.0. The van der Waals surface area contributed by atoms with Gasteiger partial charge in [-0.25, -0.2) is 0 Å². The van der Waals surface area contributed by atoms with Gasteiger partial charge in [0.25, 0.3) is 5.91 Å². The number of esters is 1. The van der Waals surface area contributed by atoms with Crippen LogP contribution >= 0.6 is 0 Å². The van der Waals surface area contributed by atoms with Gasteiger partial charge in [-0.1, -0.05) is 18.2 Å². The van der Waals surface area contributed by atoms with E-state index in [0.717, 1.165) is 24.1 Å². The van der Waals surface area contributed by atoms with Crippen molar-refractivity contribution < 1.29 is 19.1 Å². The topological polar surface area (TPSA) is 75.7 Å². The number of rotatable bonds is 4. The second-order valence-corrected chi connectivity index (χ2v) is 6.55. The van der Waals surface area contributed by atoms with Gasteiger partial charge in [0.2, 0.25) is 5.91 Å². The van der Waals surface area contributed by atoms with Crippen LogP contribution < -0.4 is 15.0 Å². The summed E-state index contributed by atoms with van der Waals surface area (Å²) < 4.78 is 5.10. The number of aryl methyl sites for hydroxylation is 1. The third kappa shape index (κ3) is 4.34. The highest BCUT2D eigenvalue weighted by molar-refractivity contribution is 6.07. The van der Waals surface area contributed by atoms with Crippen LogP contribution in [0.3, 0.4) is 0 Å². The lowest BCUT2D eigenvalue weighted by atomic mass is 10.1. The number of hydrogen-bond donors (Lipinski definition) is 1. The number of para-hydroxylation sites is 1. The lowest BCUT2D eigenvalue weighted by Gasteiger charge is -2.28. The lowest BCUT2D eigenvalue weighted by molar-refractivity contribution is -0.131. The standard InChI is InChI=1S/C21H22N2O4/c1-14-10-11-16(13-18(14)23-12-6-5-9-20(23)25)22-21(26)17-7-3-4-8-19(17)27-15(2)24/h3-4,7-8,10-11,13H,5-6,9,12H2,1-2H3,(H,22,26). The van der Waals surface area contributed by atoms with Gasteiger partial charge in [0.05, 0.1) is 5.56 Å². The van der Waals surface area contributed by atoms with E-state index in [9.17, 15) is 14.4 Å². The third-order valence-electron chi connectivity index (χ3n) is 4.47. The zero-order valence-electron chi connectivity index (χ0n) is 15.5. The average Bonchev–Trinajstić information content (AvgIpc) is 2.64. The maximum absolute atomic E-state index is 12.7. The molecular weight excluding hydrogens is 344 g/mol. The quantitative estimate of drug-likeness (QED) is 0.661. The minimum Gasteiger partial charge on any atom is -0.426 e. The minimum atomic E-state index is -0.489. The van der Waals surface area contributed by atoms with E-state index in [2.05, 4.69) is 5.32 Å². The molecule has 0 aromatic heterocycles. The summed E-state index contributed by atoms with van der Waals surface area (Å²) in [5.74, 6) is -0.558. The summed E-state index contributed by atoms with van der Waals surface area (Å²) in [5.41, 5.74) is 2.63. The highest BCUT2D eigenvalue weighted by atomic mass is 16.5. The number of nitrogens with zero attached hydrogens (tertiary/aromatic N) is 1. The Balaban J connectivity index is 1.84. The van der Waals surface area contributed by atoms with Crippen LogP contribution in [0.2, 0.25) is 0 Å². The Labute approximate surface area is 158 Å². The van der Waals surface area contributed by atoms with Crippen LogP contribution in [0.15, 0.2) is 42.5 Å². The van der Waals surface area contributed by atoms with Crippen molar-refractivity contribution in [1.29, 1.82) is 0 Å². The van der Waals surface area contributed by atoms with Gasteiger partial charge in [-0.15, -0.1) is 0 Å². The van der Waals surface area contributed by atoms with Crippen molar-refractivity contribution in [3.63, 3.8) is 0 Å². The van der Waals surface area contributed by atoms with Gasteiger partial charge >= 0.3 is 5.97 Å². The van der Waals surface area contributed by atoms with Crippen LogP contribution in [0, 0.1) is 6.92 Å². The first-order chi connectivity index (χ1) is 13.0. The van der Waals surface area contributed by atoms with Crippen LogP contribution in [0.25, 0.3) is 0 Å². The molecule has 2 aromatic rings. The second-order valence-electron chi connectivity index (χ2n) is 6.55. The first-order valence-electron chi connectivity index (χ1n) is 8.95. The monoisotopic (exact) mass is 366 g/mol. The van der Waals surface area contributed by atoms with Gasteiger partial charge in [-0.05, 0) is 49.6 Å². The van der Waals surface area contributed by atoms with E-state index in [4.69, 9.17) is 4.74 Å². The van der Waals surface area contributed by atoms with Gasteiger partial charge < -0.3 is 15.0 Å². The zero-order valence-corrected chi connectivity index (χ0v) is 15.5. The van der Waals surface area contributed by atoms with Gasteiger partial charge in [-0.2, -0.15) is 0 Å². The third-order valence-corrected chi connectivity index (χ3v) is 4.47. The van der Waals surface area contributed by atoms with Crippen molar-refractivity contribution in [1.82, 2.24) is 0 Å². The molecule has 1 heterocycles. The molecule has 0 aliphatic carbocycles. The SMILES string of the molecule is CC(=O)Oc1ccccc1C(=O)Nc1ccc(C)c(N2CCCCC2=O)c1. The molecule has 140 valence electrons. The number of hydrogen-bond acceptors (Lipinski definition) is 4. The summed E-state index contributed by atoms with van der Waals surface area (Å²) in [6.45, 7) is 3.92. The van der Waals surface area contributed by atoms with E-state index in [1.807, 2.05) is 19.1 Å². The van der Waals surface area contributed by atoms with Gasteiger partial charge in [0, 0.05) is 31.3 Å². The molecule has 1 fully saturated rings. The minimum absolute atomic E-state index is 0.105. The molecule has 3 rings (SSSR count). The first kappa shape index (κ1) is 18.6. The van der Waals surface area contributed by atoms with Gasteiger partial charge in [0.15, 0.2) is 0 Å². The van der Waals surface area contributed by atoms with Crippen molar-refractivity contribution in [2.45, 2.75) is 33.1 Å². The molecule has 1 saturated heterocycles. The largest absolute Gasteiger partial charge is 0.426 e. The summed E-state index contributed by atoms with van der Waals surface area (Å²) in [6.07, 6.45) is 2.43. The molecule has 0 bridgehead atoms. The molecule has 6 nitrogen and oxygen atoms in total. The molecule has 2 amide bonds. The van der Waals surface area contributed by atoms with E-state index < -0.39 is 5.97 Å². The number of carbonyl (C=O) groups is 3. The summed E-state index contributed by atoms with van der Waals surface area (Å²) in [6, 6.07) is 12.0. The fourth-order valence-electron chi connectivity index (χ4n) is 3.14. The van der Waals surface area contributed by atoms with E-state index in [0.29, 0.717) is 18.7 Å². The van der Waals surface area contributed by atoms with Crippen LogP contribution in [0.4, 0.5) is 11.4 Å². The molecule has 0 saturated carbocycles. The number of benzene rings is 2. The summed E-state index contributed by atoms with van der Waals surface area (Å²) in [5, 5.41) is 2.83. The molecule has 6 heteroatoms. The Hall–Kier alpha value is -3.15. The summed E-state index contributed by atoms with van der Waals surface area (Å²) in [4.78, 5) is 37.9. The second kappa shape index (κ2) is 8.03. The first-order valence-corrected chi connectivity index (χ1v) is 8.95. The molecule has 0 radical (unpaired) electrons. The summed E-state index contributed by atoms with van der Waals surface area (Å²) >= 11 is 0. The van der Waals surface area contributed by atoms with Crippen molar-refractivity contribution in [2.75, 3.05) is 16.8 Å². The predicted octanol–water partition coefficient (Wildman–Crippen LogP) is 3.69. The Morgan fingerprint density at radius 2 is 1.89 bits per heavy atom. The molecular formula is C21H22N2O4. The van der Waals surface area contributed by atoms with Crippen LogP contribution in [0.5, 0.6) is 5.75 Å². The maximum atomic E-state index is 12.7. The van der Waals surface area contributed by atoms with Crippen molar-refractivity contribution in [2.24, 2.45) is 0 Å². The molecule has 0 unspecified atom stereocenters. The number of carbonyl (C=O) groups excluding carboxylic acids is 3. The highest BCUT2D eigenvalue weighted by Gasteiger charge is 2.22. The predicted molar refractivity (Wildman–Crippen MR) is 103 cm³/mol. The molecule has 1 N–H and O–H groups in total. The van der Waals surface area contributed by atoms with Crippen molar-refractivity contribution >= 4 is 29.2 Å². The number of anilines is 2. The van der Waals surface area contributed by atoms with E-state index in [1.165, 1.54) is 6.92 Å². The lowest BCUT2D eigenvalue weighted by Crippen LogP contribution is -2.35. The fourth-order valence-corrected chi connectivity index (χ4v) is 3.14. The number of piperidine rings is 1. The molecule has 1 aliphatic rings. The van der Waals surface area contributed by atoms with Gasteiger partial charge in [-0.3, -0.25) is 14.4 Å². The highest BCUT2D eigenvalue weighted by Crippen LogP contribution is 2.28. The zero-order chi connectivity index (χ0) is 19.4. The molecule has 0 atom stereocenters. The van der Waals surface area contributed by atoms with Crippen LogP contribution in [-0.2, 0) is 9.59 Å². The molecule has 0 spiro atoms. The van der Waals surface area contributed by atoms with Crippen LogP contribution in [0.1, 0.15) is 42.1 Å². The van der Waals surface area contributed by atoms with Crippen molar-refractivity contribution in [3.8, 4) is 5.75 Å². The fraction of sp³-hybridized carbons (Fsp3) is 0.286. The van der Waals surface area contributed by atoms with E-state index >= 15 is 0 Å². The van der Waals surface area contributed by atoms with Crippen molar-refractivity contribution in [3.05, 3.63) is 53.6 Å². The maximum Gasteiger partial charge on any atom is 0.308 e. The Morgan fingerprint density at radius 3 is 2.63 bits per heavy atom. The van der Waals surface area contributed by atoms with Gasteiger partial charge in [0.1, 0.15) is 5.75 Å². The smallest absolute Gasteiger partial charge is 0.308 e. The average molecular weight is 366 g/mol. The number of ether oxygens (including phenoxy) is 1. The molecule has 1 aliphatic heterocycles. The molecule has 27 heavy (non-hydrogen) atoms. The molecule has 2 aromatic carbocycles. The Morgan fingerprint density at radius 1 is 1.11 bits per heavy atom. The number of amides is 2. The Bertz CT molecular complexity index is 892. The van der Waals surface area contributed by atoms with E-state index in [-0.39, 0.29) is 23.1 Å². The number of nitrogens with one attached hydrogen (secondary N) is 1. The Kier molecular flexibility index (Phi) is 5.54. The van der Waals surface area contributed by atoms with E-state index in [1.54, 1.807) is 35.2 Å². The summed E-state index contributed by atoms with van der Waals surface area (Å²) in [7, 11) is 0. The van der Waals surface area contributed by atoms with Crippen LogP contribution in [-0.4, -0.2) is 24.3 Å².